The fourth-order valence-electron chi connectivity index (χ4n) is 4.09. The number of rotatable bonds is 6. The summed E-state index contributed by atoms with van der Waals surface area (Å²) in [4.78, 5) is 11.6. The third-order valence-corrected chi connectivity index (χ3v) is 5.99. The summed E-state index contributed by atoms with van der Waals surface area (Å²) in [7, 11) is 0. The molecule has 5 nitrogen and oxygen atoms in total. The maximum Gasteiger partial charge on any atom is 0.191 e. The molecule has 1 saturated carbocycles. The van der Waals surface area contributed by atoms with Crippen LogP contribution < -0.4 is 15.5 Å². The number of hydrogen-bond acceptors (Lipinski definition) is 3. The summed E-state index contributed by atoms with van der Waals surface area (Å²) in [6, 6.07) is 13.6. The lowest BCUT2D eigenvalue weighted by molar-refractivity contribution is 0.459. The number of halogens is 1. The Labute approximate surface area is 172 Å². The average molecular weight is 396 g/mol. The van der Waals surface area contributed by atoms with Crippen molar-refractivity contribution in [2.45, 2.75) is 44.1 Å². The van der Waals surface area contributed by atoms with Crippen LogP contribution in [-0.4, -0.2) is 43.2 Å². The van der Waals surface area contributed by atoms with E-state index in [2.05, 4.69) is 33.5 Å². The van der Waals surface area contributed by atoms with Crippen molar-refractivity contribution in [3.05, 3.63) is 60.0 Å². The quantitative estimate of drug-likeness (QED) is 0.581. The Bertz CT molecular complexity index is 826. The smallest absolute Gasteiger partial charge is 0.191 e. The van der Waals surface area contributed by atoms with E-state index in [9.17, 15) is 4.39 Å². The number of aromatic nitrogens is 1. The molecule has 2 aromatic rings. The molecule has 0 radical (unpaired) electrons. The van der Waals surface area contributed by atoms with Crippen LogP contribution in [0.4, 0.5) is 10.2 Å². The summed E-state index contributed by atoms with van der Waals surface area (Å²) in [6.07, 6.45) is 5.93. The summed E-state index contributed by atoms with van der Waals surface area (Å²) >= 11 is 0. The van der Waals surface area contributed by atoms with Crippen LogP contribution in [-0.2, 0) is 5.41 Å². The summed E-state index contributed by atoms with van der Waals surface area (Å²) in [5.74, 6) is 1.78. The minimum atomic E-state index is -0.129. The van der Waals surface area contributed by atoms with Crippen LogP contribution in [0.15, 0.2) is 53.7 Å². The molecule has 0 bridgehead atoms. The van der Waals surface area contributed by atoms with Gasteiger partial charge in [0.25, 0.3) is 0 Å². The number of piperidine rings is 1. The van der Waals surface area contributed by atoms with E-state index >= 15 is 0 Å². The molecule has 2 fully saturated rings. The number of anilines is 1. The van der Waals surface area contributed by atoms with E-state index in [1.54, 1.807) is 12.1 Å². The van der Waals surface area contributed by atoms with E-state index in [1.165, 1.54) is 0 Å². The molecule has 2 heterocycles. The molecule has 1 aliphatic heterocycles. The van der Waals surface area contributed by atoms with Gasteiger partial charge < -0.3 is 15.5 Å². The lowest BCUT2D eigenvalue weighted by Gasteiger charge is -2.33. The first-order valence-electron chi connectivity index (χ1n) is 10.7. The second-order valence-corrected chi connectivity index (χ2v) is 8.05. The van der Waals surface area contributed by atoms with Gasteiger partial charge in [-0.1, -0.05) is 24.3 Å². The van der Waals surface area contributed by atoms with Crippen molar-refractivity contribution in [2.24, 2.45) is 4.99 Å². The first kappa shape index (κ1) is 19.7. The predicted octanol–water partition coefficient (Wildman–Crippen LogP) is 3.48. The van der Waals surface area contributed by atoms with Crippen LogP contribution in [0.25, 0.3) is 0 Å². The third-order valence-electron chi connectivity index (χ3n) is 5.99. The standard InChI is InChI=1S/C23H30FN5/c1-2-25-22(27-17-23(12-13-23)19-7-3-4-8-20(19)24)28-18-10-15-29(16-11-18)21-9-5-6-14-26-21/h3-9,14,18H,2,10-13,15-17H2,1H3,(H2,25,27,28). The Morgan fingerprint density at radius 3 is 2.59 bits per heavy atom. The zero-order valence-corrected chi connectivity index (χ0v) is 17.1. The van der Waals surface area contributed by atoms with Gasteiger partial charge in [-0.15, -0.1) is 0 Å². The van der Waals surface area contributed by atoms with E-state index in [0.717, 1.165) is 62.7 Å². The molecule has 1 aromatic carbocycles. The third kappa shape index (κ3) is 4.69. The number of pyridine rings is 1. The van der Waals surface area contributed by atoms with E-state index in [4.69, 9.17) is 4.99 Å². The minimum Gasteiger partial charge on any atom is -0.357 e. The second kappa shape index (κ2) is 8.80. The highest BCUT2D eigenvalue weighted by molar-refractivity contribution is 5.80. The minimum absolute atomic E-state index is 0.111. The Hall–Kier alpha value is -2.63. The monoisotopic (exact) mass is 395 g/mol. The number of aliphatic imine (C=N–C) groups is 1. The first-order chi connectivity index (χ1) is 14.2. The van der Waals surface area contributed by atoms with Crippen molar-refractivity contribution in [1.29, 1.82) is 0 Å². The van der Waals surface area contributed by atoms with Crippen molar-refractivity contribution >= 4 is 11.8 Å². The van der Waals surface area contributed by atoms with Crippen LogP contribution in [0.2, 0.25) is 0 Å². The molecule has 0 atom stereocenters. The van der Waals surface area contributed by atoms with Gasteiger partial charge in [0.1, 0.15) is 11.6 Å². The molecule has 1 aliphatic carbocycles. The van der Waals surface area contributed by atoms with Crippen molar-refractivity contribution in [3.63, 3.8) is 0 Å². The van der Waals surface area contributed by atoms with E-state index in [-0.39, 0.29) is 11.2 Å². The summed E-state index contributed by atoms with van der Waals surface area (Å²) < 4.78 is 14.3. The highest BCUT2D eigenvalue weighted by Crippen LogP contribution is 2.49. The van der Waals surface area contributed by atoms with E-state index < -0.39 is 0 Å². The normalized spacial score (nSPS) is 19.1. The van der Waals surface area contributed by atoms with E-state index in [0.29, 0.717) is 12.6 Å². The van der Waals surface area contributed by atoms with Gasteiger partial charge in [0, 0.05) is 37.3 Å². The van der Waals surface area contributed by atoms with Crippen molar-refractivity contribution in [1.82, 2.24) is 15.6 Å². The van der Waals surface area contributed by atoms with Gasteiger partial charge >= 0.3 is 0 Å². The molecule has 0 spiro atoms. The molecular formula is C23H30FN5. The zero-order valence-electron chi connectivity index (χ0n) is 17.1. The molecule has 2 N–H and O–H groups in total. The lowest BCUT2D eigenvalue weighted by atomic mass is 9.95. The van der Waals surface area contributed by atoms with Crippen LogP contribution in [0, 0.1) is 5.82 Å². The fourth-order valence-corrected chi connectivity index (χ4v) is 4.09. The fraction of sp³-hybridized carbons (Fsp3) is 0.478. The van der Waals surface area contributed by atoms with Gasteiger partial charge in [-0.2, -0.15) is 0 Å². The topological polar surface area (TPSA) is 52.6 Å². The Balaban J connectivity index is 1.36. The molecule has 29 heavy (non-hydrogen) atoms. The van der Waals surface area contributed by atoms with Crippen molar-refractivity contribution < 1.29 is 4.39 Å². The number of nitrogens with one attached hydrogen (secondary N) is 2. The SMILES string of the molecule is CCNC(=NCC1(c2ccccc2F)CC1)NC1CCN(c2ccccn2)CC1. The van der Waals surface area contributed by atoms with Gasteiger partial charge in [0.2, 0.25) is 0 Å². The molecule has 6 heteroatoms. The van der Waals surface area contributed by atoms with Crippen LogP contribution in [0.3, 0.4) is 0 Å². The largest absolute Gasteiger partial charge is 0.357 e. The molecular weight excluding hydrogens is 365 g/mol. The van der Waals surface area contributed by atoms with Gasteiger partial charge in [-0.25, -0.2) is 9.37 Å². The van der Waals surface area contributed by atoms with Crippen LogP contribution >= 0.6 is 0 Å². The zero-order chi connectivity index (χ0) is 20.1. The highest BCUT2D eigenvalue weighted by Gasteiger charge is 2.45. The number of nitrogens with zero attached hydrogens (tertiary/aromatic N) is 3. The van der Waals surface area contributed by atoms with Gasteiger partial charge in [0.15, 0.2) is 5.96 Å². The molecule has 4 rings (SSSR count). The summed E-state index contributed by atoms with van der Waals surface area (Å²) in [6.45, 7) is 5.46. The Morgan fingerprint density at radius 2 is 1.93 bits per heavy atom. The maximum atomic E-state index is 14.3. The Kier molecular flexibility index (Phi) is 5.97. The molecule has 1 saturated heterocycles. The molecule has 0 unspecified atom stereocenters. The van der Waals surface area contributed by atoms with E-state index in [1.807, 2.05) is 30.5 Å². The van der Waals surface area contributed by atoms with Crippen LogP contribution in [0.1, 0.15) is 38.2 Å². The number of hydrogen-bond donors (Lipinski definition) is 2. The summed E-state index contributed by atoms with van der Waals surface area (Å²) in [5, 5.41) is 6.95. The number of guanidine groups is 1. The van der Waals surface area contributed by atoms with Crippen molar-refractivity contribution in [3.8, 4) is 0 Å². The van der Waals surface area contributed by atoms with Crippen LogP contribution in [0.5, 0.6) is 0 Å². The van der Waals surface area contributed by atoms with Gasteiger partial charge in [-0.3, -0.25) is 4.99 Å². The molecule has 2 aliphatic rings. The Morgan fingerprint density at radius 1 is 1.17 bits per heavy atom. The van der Waals surface area contributed by atoms with Gasteiger partial charge in [-0.05, 0) is 56.4 Å². The average Bonchev–Trinajstić information content (AvgIpc) is 3.55. The molecule has 1 aromatic heterocycles. The lowest BCUT2D eigenvalue weighted by Crippen LogP contribution is -2.49. The maximum absolute atomic E-state index is 14.3. The predicted molar refractivity (Wildman–Crippen MR) is 116 cm³/mol. The highest BCUT2D eigenvalue weighted by atomic mass is 19.1. The number of benzene rings is 1. The second-order valence-electron chi connectivity index (χ2n) is 8.05. The molecule has 0 amide bonds. The molecule has 154 valence electrons. The van der Waals surface area contributed by atoms with Crippen molar-refractivity contribution in [2.75, 3.05) is 31.1 Å². The summed E-state index contributed by atoms with van der Waals surface area (Å²) in [5.41, 5.74) is 0.680. The van der Waals surface area contributed by atoms with Gasteiger partial charge in [0.05, 0.1) is 6.54 Å². The first-order valence-corrected chi connectivity index (χ1v) is 10.7.